The number of para-hydroxylation sites is 1. The summed E-state index contributed by atoms with van der Waals surface area (Å²) in [6.45, 7) is 5.49. The molecule has 1 aliphatic rings. The summed E-state index contributed by atoms with van der Waals surface area (Å²) in [6, 6.07) is 6.47. The molecule has 12 heavy (non-hydrogen) atoms. The molecule has 0 aromatic heterocycles. The summed E-state index contributed by atoms with van der Waals surface area (Å²) >= 11 is 1.96. The topological polar surface area (TPSA) is 12.0 Å². The Hall–Kier alpha value is -0.630. The maximum Gasteiger partial charge on any atom is 0.0508 e. The van der Waals surface area contributed by atoms with Gasteiger partial charge in [0.05, 0.1) is 5.69 Å². The Balaban J connectivity index is 2.42. The molecule has 1 aromatic rings. The number of benzene rings is 1. The van der Waals surface area contributed by atoms with Crippen LogP contribution in [0, 0.1) is 6.92 Å². The van der Waals surface area contributed by atoms with Crippen LogP contribution in [0.1, 0.15) is 12.5 Å². The van der Waals surface area contributed by atoms with Crippen molar-refractivity contribution in [3.8, 4) is 0 Å². The Morgan fingerprint density at radius 1 is 1.50 bits per heavy atom. The fraction of sp³-hybridized carbons (Fsp3) is 0.400. The lowest BCUT2D eigenvalue weighted by molar-refractivity contribution is 0.970. The van der Waals surface area contributed by atoms with Crippen molar-refractivity contribution < 1.29 is 0 Å². The molecule has 2 heteroatoms. The van der Waals surface area contributed by atoms with Crippen LogP contribution < -0.4 is 5.32 Å². The van der Waals surface area contributed by atoms with E-state index in [1.165, 1.54) is 16.1 Å². The third kappa shape index (κ3) is 1.31. The first-order valence-electron chi connectivity index (χ1n) is 4.27. The molecule has 1 aromatic carbocycles. The first-order valence-corrected chi connectivity index (χ1v) is 5.15. The SMILES string of the molecule is Cc1cccc2c1NCC(C)S2. The Labute approximate surface area is 77.6 Å². The zero-order valence-electron chi connectivity index (χ0n) is 7.42. The molecule has 0 amide bonds. The van der Waals surface area contributed by atoms with Gasteiger partial charge in [0.1, 0.15) is 0 Å². The van der Waals surface area contributed by atoms with Crippen molar-refractivity contribution in [3.05, 3.63) is 23.8 Å². The van der Waals surface area contributed by atoms with Crippen LogP contribution in [-0.4, -0.2) is 11.8 Å². The third-order valence-corrected chi connectivity index (χ3v) is 3.29. The van der Waals surface area contributed by atoms with Crippen LogP contribution in [0.2, 0.25) is 0 Å². The molecule has 1 atom stereocenters. The van der Waals surface area contributed by atoms with E-state index in [1.807, 2.05) is 11.8 Å². The highest BCUT2D eigenvalue weighted by atomic mass is 32.2. The van der Waals surface area contributed by atoms with Gasteiger partial charge in [-0.15, -0.1) is 11.8 Å². The van der Waals surface area contributed by atoms with Gasteiger partial charge in [0, 0.05) is 16.7 Å². The van der Waals surface area contributed by atoms with Crippen molar-refractivity contribution >= 4 is 17.4 Å². The van der Waals surface area contributed by atoms with Crippen molar-refractivity contribution in [2.24, 2.45) is 0 Å². The molecule has 2 rings (SSSR count). The van der Waals surface area contributed by atoms with Gasteiger partial charge in [-0.3, -0.25) is 0 Å². The van der Waals surface area contributed by atoms with E-state index in [-0.39, 0.29) is 0 Å². The highest BCUT2D eigenvalue weighted by molar-refractivity contribution is 8.00. The van der Waals surface area contributed by atoms with E-state index in [4.69, 9.17) is 0 Å². The maximum atomic E-state index is 3.46. The van der Waals surface area contributed by atoms with Crippen LogP contribution >= 0.6 is 11.8 Å². The molecular weight excluding hydrogens is 166 g/mol. The number of nitrogens with one attached hydrogen (secondary N) is 1. The Morgan fingerprint density at radius 3 is 3.17 bits per heavy atom. The molecule has 0 bridgehead atoms. The van der Waals surface area contributed by atoms with Crippen molar-refractivity contribution in [2.45, 2.75) is 24.0 Å². The van der Waals surface area contributed by atoms with Gasteiger partial charge in [-0.25, -0.2) is 0 Å². The van der Waals surface area contributed by atoms with Crippen LogP contribution in [0.25, 0.3) is 0 Å². The zero-order chi connectivity index (χ0) is 8.55. The number of thioether (sulfide) groups is 1. The van der Waals surface area contributed by atoms with Gasteiger partial charge in [-0.05, 0) is 18.6 Å². The second kappa shape index (κ2) is 3.02. The van der Waals surface area contributed by atoms with Crippen molar-refractivity contribution in [2.75, 3.05) is 11.9 Å². The lowest BCUT2D eigenvalue weighted by Gasteiger charge is -2.24. The summed E-state index contributed by atoms with van der Waals surface area (Å²) in [6.07, 6.45) is 0. The summed E-state index contributed by atoms with van der Waals surface area (Å²) < 4.78 is 0. The van der Waals surface area contributed by atoms with Gasteiger partial charge < -0.3 is 5.32 Å². The summed E-state index contributed by atoms with van der Waals surface area (Å²) in [5.41, 5.74) is 2.69. The van der Waals surface area contributed by atoms with Gasteiger partial charge in [0.2, 0.25) is 0 Å². The van der Waals surface area contributed by atoms with Crippen LogP contribution in [0.15, 0.2) is 23.1 Å². The predicted octanol–water partition coefficient (Wildman–Crippen LogP) is 2.90. The average Bonchev–Trinajstić information content (AvgIpc) is 2.04. The second-order valence-corrected chi connectivity index (χ2v) is 4.74. The third-order valence-electron chi connectivity index (χ3n) is 2.13. The first kappa shape index (κ1) is 7.99. The van der Waals surface area contributed by atoms with E-state index in [9.17, 15) is 0 Å². The molecule has 0 saturated carbocycles. The molecule has 0 saturated heterocycles. The molecule has 1 aliphatic heterocycles. The predicted molar refractivity (Wildman–Crippen MR) is 55.0 cm³/mol. The number of fused-ring (bicyclic) bond motifs is 1. The van der Waals surface area contributed by atoms with E-state index >= 15 is 0 Å². The van der Waals surface area contributed by atoms with Gasteiger partial charge in [-0.1, -0.05) is 19.1 Å². The molecule has 1 nitrogen and oxygen atoms in total. The smallest absolute Gasteiger partial charge is 0.0508 e. The average molecular weight is 179 g/mol. The van der Waals surface area contributed by atoms with Gasteiger partial charge in [-0.2, -0.15) is 0 Å². The molecule has 0 aliphatic carbocycles. The first-order chi connectivity index (χ1) is 5.77. The van der Waals surface area contributed by atoms with E-state index in [0.717, 1.165) is 6.54 Å². The number of hydrogen-bond donors (Lipinski definition) is 1. The minimum atomic E-state index is 0.694. The monoisotopic (exact) mass is 179 g/mol. The van der Waals surface area contributed by atoms with E-state index in [2.05, 4.69) is 37.4 Å². The van der Waals surface area contributed by atoms with Crippen LogP contribution in [0.4, 0.5) is 5.69 Å². The van der Waals surface area contributed by atoms with Crippen LogP contribution in [-0.2, 0) is 0 Å². The van der Waals surface area contributed by atoms with Crippen molar-refractivity contribution in [1.82, 2.24) is 0 Å². The van der Waals surface area contributed by atoms with E-state index in [0.29, 0.717) is 5.25 Å². The number of aryl methyl sites for hydroxylation is 1. The molecule has 0 spiro atoms. The number of rotatable bonds is 0. The molecule has 1 unspecified atom stereocenters. The van der Waals surface area contributed by atoms with Crippen LogP contribution in [0.5, 0.6) is 0 Å². The summed E-state index contributed by atoms with van der Waals surface area (Å²) in [4.78, 5) is 1.40. The molecular formula is C10H13NS. The second-order valence-electron chi connectivity index (χ2n) is 3.26. The van der Waals surface area contributed by atoms with Gasteiger partial charge in [0.25, 0.3) is 0 Å². The zero-order valence-corrected chi connectivity index (χ0v) is 8.24. The van der Waals surface area contributed by atoms with Gasteiger partial charge >= 0.3 is 0 Å². The molecule has 0 fully saturated rings. The molecule has 1 heterocycles. The minimum Gasteiger partial charge on any atom is -0.383 e. The molecule has 1 N–H and O–H groups in total. The Bertz CT molecular complexity index is 296. The standard InChI is InChI=1S/C10H13NS/c1-7-4-3-5-9-10(7)11-6-8(2)12-9/h3-5,8,11H,6H2,1-2H3. The molecule has 0 radical (unpaired) electrons. The fourth-order valence-electron chi connectivity index (χ4n) is 1.47. The fourth-order valence-corrected chi connectivity index (χ4v) is 2.58. The summed E-state index contributed by atoms with van der Waals surface area (Å²) in [5.74, 6) is 0. The van der Waals surface area contributed by atoms with E-state index in [1.54, 1.807) is 0 Å². The highest BCUT2D eigenvalue weighted by Gasteiger charge is 2.15. The van der Waals surface area contributed by atoms with E-state index < -0.39 is 0 Å². The Morgan fingerprint density at radius 2 is 2.33 bits per heavy atom. The maximum absolute atomic E-state index is 3.46. The van der Waals surface area contributed by atoms with Crippen LogP contribution in [0.3, 0.4) is 0 Å². The Kier molecular flexibility index (Phi) is 2.01. The van der Waals surface area contributed by atoms with Crippen molar-refractivity contribution in [3.63, 3.8) is 0 Å². The minimum absolute atomic E-state index is 0.694. The quantitative estimate of drug-likeness (QED) is 0.657. The summed E-state index contributed by atoms with van der Waals surface area (Å²) in [5, 5.41) is 4.15. The summed E-state index contributed by atoms with van der Waals surface area (Å²) in [7, 11) is 0. The largest absolute Gasteiger partial charge is 0.383 e. The lowest BCUT2D eigenvalue weighted by atomic mass is 10.2. The molecule has 64 valence electrons. The highest BCUT2D eigenvalue weighted by Crippen LogP contribution is 2.36. The number of hydrogen-bond acceptors (Lipinski definition) is 2. The van der Waals surface area contributed by atoms with Gasteiger partial charge in [0.15, 0.2) is 0 Å². The number of anilines is 1. The normalized spacial score (nSPS) is 21.3. The lowest BCUT2D eigenvalue weighted by Crippen LogP contribution is -2.18. The van der Waals surface area contributed by atoms with Crippen molar-refractivity contribution in [1.29, 1.82) is 0 Å².